The number of nitrogens with zero attached hydrogens (tertiary/aromatic N) is 4. The number of carbonyl (C=O) groups excluding carboxylic acids is 1. The first-order valence-electron chi connectivity index (χ1n) is 11.3. The first-order chi connectivity index (χ1) is 16.4. The van der Waals surface area contributed by atoms with E-state index < -0.39 is 17.8 Å². The van der Waals surface area contributed by atoms with Gasteiger partial charge in [0, 0.05) is 37.2 Å². The molecule has 9 heteroatoms. The lowest BCUT2D eigenvalue weighted by Crippen LogP contribution is -2.40. The Balaban J connectivity index is 1.44. The van der Waals surface area contributed by atoms with Crippen molar-refractivity contribution in [3.63, 3.8) is 0 Å². The van der Waals surface area contributed by atoms with Crippen LogP contribution >= 0.6 is 0 Å². The second-order valence-electron chi connectivity index (χ2n) is 8.50. The van der Waals surface area contributed by atoms with Crippen molar-refractivity contribution in [1.82, 2.24) is 14.9 Å². The van der Waals surface area contributed by atoms with Crippen LogP contribution in [0.4, 0.5) is 29.5 Å². The molecule has 2 aliphatic rings. The van der Waals surface area contributed by atoms with Gasteiger partial charge in [0.2, 0.25) is 0 Å². The van der Waals surface area contributed by atoms with Crippen molar-refractivity contribution in [3.05, 3.63) is 71.4 Å². The fourth-order valence-corrected chi connectivity index (χ4v) is 4.51. The van der Waals surface area contributed by atoms with Gasteiger partial charge in [-0.25, -0.2) is 14.8 Å². The van der Waals surface area contributed by atoms with E-state index in [1.165, 1.54) is 23.1 Å². The Morgan fingerprint density at radius 1 is 0.912 bits per heavy atom. The number of aromatic nitrogens is 2. The van der Waals surface area contributed by atoms with E-state index in [0.717, 1.165) is 54.6 Å². The van der Waals surface area contributed by atoms with Gasteiger partial charge in [0.05, 0.1) is 23.5 Å². The van der Waals surface area contributed by atoms with Crippen LogP contribution in [-0.2, 0) is 19.1 Å². The molecule has 0 saturated carbocycles. The molecule has 0 atom stereocenters. The molecule has 34 heavy (non-hydrogen) atoms. The minimum atomic E-state index is -4.55. The summed E-state index contributed by atoms with van der Waals surface area (Å²) in [4.78, 5) is 26.4. The zero-order valence-corrected chi connectivity index (χ0v) is 18.5. The van der Waals surface area contributed by atoms with Gasteiger partial charge < -0.3 is 15.1 Å². The Labute approximate surface area is 195 Å². The Morgan fingerprint density at radius 2 is 1.62 bits per heavy atom. The summed E-state index contributed by atoms with van der Waals surface area (Å²) < 4.78 is 40.1. The molecule has 0 aliphatic carbocycles. The topological polar surface area (TPSA) is 61.4 Å². The van der Waals surface area contributed by atoms with Crippen molar-refractivity contribution in [2.24, 2.45) is 0 Å². The molecule has 1 fully saturated rings. The van der Waals surface area contributed by atoms with E-state index in [1.54, 1.807) is 0 Å². The van der Waals surface area contributed by atoms with Crippen molar-refractivity contribution in [2.75, 3.05) is 29.9 Å². The van der Waals surface area contributed by atoms with Gasteiger partial charge in [-0.2, -0.15) is 13.2 Å². The number of fused-ring (bicyclic) bond motifs is 1. The number of hydrogen-bond acceptors (Lipinski definition) is 4. The molecule has 2 amide bonds. The second-order valence-corrected chi connectivity index (χ2v) is 8.50. The fraction of sp³-hybridized carbons (Fsp3) is 0.320. The van der Waals surface area contributed by atoms with E-state index in [-0.39, 0.29) is 12.2 Å². The number of alkyl halides is 3. The van der Waals surface area contributed by atoms with Gasteiger partial charge in [0.15, 0.2) is 5.82 Å². The molecule has 1 aromatic heterocycles. The highest BCUT2D eigenvalue weighted by atomic mass is 19.4. The molecule has 176 valence electrons. The monoisotopic (exact) mass is 467 g/mol. The smallest absolute Gasteiger partial charge is 0.356 e. The zero-order valence-electron chi connectivity index (χ0n) is 18.5. The molecule has 0 unspecified atom stereocenters. The van der Waals surface area contributed by atoms with Gasteiger partial charge >= 0.3 is 12.2 Å². The van der Waals surface area contributed by atoms with Crippen LogP contribution in [0.15, 0.2) is 54.6 Å². The number of nitrogens with one attached hydrogen (secondary N) is 1. The van der Waals surface area contributed by atoms with Crippen molar-refractivity contribution < 1.29 is 18.0 Å². The number of para-hydroxylation sites is 1. The minimum absolute atomic E-state index is 0.246. The van der Waals surface area contributed by atoms with Crippen molar-refractivity contribution in [3.8, 4) is 11.4 Å². The van der Waals surface area contributed by atoms with Crippen LogP contribution in [0.5, 0.6) is 0 Å². The summed E-state index contributed by atoms with van der Waals surface area (Å²) in [6, 6.07) is 14.2. The summed E-state index contributed by atoms with van der Waals surface area (Å²) in [5.74, 6) is 1.47. The lowest BCUT2D eigenvalue weighted by Gasteiger charge is -2.32. The van der Waals surface area contributed by atoms with E-state index in [4.69, 9.17) is 9.97 Å². The summed E-state index contributed by atoms with van der Waals surface area (Å²) in [6.07, 6.45) is -1.91. The van der Waals surface area contributed by atoms with Crippen LogP contribution in [0.25, 0.3) is 11.4 Å². The van der Waals surface area contributed by atoms with Gasteiger partial charge in [-0.3, -0.25) is 0 Å². The highest BCUT2D eigenvalue weighted by Crippen LogP contribution is 2.35. The summed E-state index contributed by atoms with van der Waals surface area (Å²) in [5.41, 5.74) is 1.56. The maximum Gasteiger partial charge on any atom is 0.418 e. The minimum Gasteiger partial charge on any atom is -0.356 e. The van der Waals surface area contributed by atoms with Crippen molar-refractivity contribution >= 4 is 17.5 Å². The summed E-state index contributed by atoms with van der Waals surface area (Å²) in [5, 5.41) is 2.46. The van der Waals surface area contributed by atoms with Crippen LogP contribution in [-0.4, -0.2) is 40.5 Å². The summed E-state index contributed by atoms with van der Waals surface area (Å²) in [6.45, 7) is 2.36. The van der Waals surface area contributed by atoms with Gasteiger partial charge in [0.25, 0.3) is 0 Å². The average molecular weight is 467 g/mol. The van der Waals surface area contributed by atoms with Crippen LogP contribution in [0.3, 0.4) is 0 Å². The SMILES string of the molecule is O=C(Nc1ccccc1C(F)(F)F)N1CCc2nc(-c3ccccc3)nc(N3CCCC3)c2C1. The predicted molar refractivity (Wildman–Crippen MR) is 123 cm³/mol. The number of halogens is 3. The molecule has 3 aromatic rings. The normalized spacial score (nSPS) is 15.9. The van der Waals surface area contributed by atoms with Crippen LogP contribution in [0.2, 0.25) is 0 Å². The average Bonchev–Trinajstić information content (AvgIpc) is 3.38. The molecule has 1 saturated heterocycles. The number of anilines is 2. The Morgan fingerprint density at radius 3 is 2.35 bits per heavy atom. The molecule has 5 rings (SSSR count). The third kappa shape index (κ3) is 4.42. The first kappa shape index (κ1) is 22.2. The Bertz CT molecular complexity index is 1190. The van der Waals surface area contributed by atoms with Gasteiger partial charge in [-0.15, -0.1) is 0 Å². The van der Waals surface area contributed by atoms with Crippen LogP contribution in [0, 0.1) is 0 Å². The highest BCUT2D eigenvalue weighted by Gasteiger charge is 2.34. The summed E-state index contributed by atoms with van der Waals surface area (Å²) in [7, 11) is 0. The van der Waals surface area contributed by atoms with E-state index in [0.29, 0.717) is 18.8 Å². The molecule has 0 spiro atoms. The van der Waals surface area contributed by atoms with Crippen LogP contribution < -0.4 is 10.2 Å². The maximum atomic E-state index is 13.4. The molecular weight excluding hydrogens is 443 g/mol. The summed E-state index contributed by atoms with van der Waals surface area (Å²) >= 11 is 0. The van der Waals surface area contributed by atoms with E-state index in [2.05, 4.69) is 10.2 Å². The third-order valence-electron chi connectivity index (χ3n) is 6.24. The number of benzene rings is 2. The lowest BCUT2D eigenvalue weighted by molar-refractivity contribution is -0.136. The quantitative estimate of drug-likeness (QED) is 0.564. The van der Waals surface area contributed by atoms with Crippen LogP contribution in [0.1, 0.15) is 29.7 Å². The van der Waals surface area contributed by atoms with Gasteiger partial charge in [-0.05, 0) is 25.0 Å². The zero-order chi connectivity index (χ0) is 23.7. The first-order valence-corrected chi connectivity index (χ1v) is 11.3. The van der Waals surface area contributed by atoms with Crippen molar-refractivity contribution in [1.29, 1.82) is 0 Å². The molecule has 0 bridgehead atoms. The maximum absolute atomic E-state index is 13.4. The largest absolute Gasteiger partial charge is 0.418 e. The van der Waals surface area contributed by atoms with E-state index in [1.807, 2.05) is 30.3 Å². The predicted octanol–water partition coefficient (Wildman–Crippen LogP) is 5.35. The number of hydrogen-bond donors (Lipinski definition) is 1. The lowest BCUT2D eigenvalue weighted by atomic mass is 10.0. The molecule has 2 aromatic carbocycles. The third-order valence-corrected chi connectivity index (χ3v) is 6.24. The second kappa shape index (κ2) is 8.96. The Kier molecular flexibility index (Phi) is 5.85. The fourth-order valence-electron chi connectivity index (χ4n) is 4.51. The number of rotatable bonds is 3. The standard InChI is InChI=1S/C25H24F3N5O/c26-25(27,28)19-10-4-5-11-21(19)30-24(34)33-15-12-20-18(16-33)23(32-13-6-7-14-32)31-22(29-20)17-8-2-1-3-9-17/h1-5,8-11H,6-7,12-16H2,(H,30,34). The molecule has 1 N–H and O–H groups in total. The number of urea groups is 1. The van der Waals surface area contributed by atoms with Gasteiger partial charge in [-0.1, -0.05) is 42.5 Å². The van der Waals surface area contributed by atoms with E-state index in [9.17, 15) is 18.0 Å². The molecular formula is C25H24F3N5O. The molecule has 6 nitrogen and oxygen atoms in total. The number of carbonyl (C=O) groups is 1. The molecule has 2 aliphatic heterocycles. The molecule has 3 heterocycles. The van der Waals surface area contributed by atoms with E-state index >= 15 is 0 Å². The highest BCUT2D eigenvalue weighted by molar-refractivity contribution is 5.90. The van der Waals surface area contributed by atoms with Crippen molar-refractivity contribution in [2.45, 2.75) is 32.0 Å². The Hall–Kier alpha value is -3.62. The number of amides is 2. The van der Waals surface area contributed by atoms with Gasteiger partial charge in [0.1, 0.15) is 5.82 Å². The molecule has 0 radical (unpaired) electrons.